The molecule has 0 spiro atoms. The quantitative estimate of drug-likeness (QED) is 0.930. The molecule has 2 aromatic rings. The molecular formula is C20H25N3O2. The van der Waals surface area contributed by atoms with Crippen molar-refractivity contribution in [3.63, 3.8) is 0 Å². The molecule has 0 radical (unpaired) electrons. The van der Waals surface area contributed by atoms with Gasteiger partial charge >= 0.3 is 0 Å². The molecule has 1 aliphatic rings. The molecule has 1 fully saturated rings. The predicted octanol–water partition coefficient (Wildman–Crippen LogP) is 2.60. The number of anilines is 1. The zero-order valence-electron chi connectivity index (χ0n) is 15.1. The summed E-state index contributed by atoms with van der Waals surface area (Å²) in [5, 5.41) is 9.69. The van der Waals surface area contributed by atoms with Crippen LogP contribution < -0.4 is 4.90 Å². The van der Waals surface area contributed by atoms with Gasteiger partial charge in [-0.25, -0.2) is 4.98 Å². The fourth-order valence-electron chi connectivity index (χ4n) is 3.30. The monoisotopic (exact) mass is 339 g/mol. The maximum absolute atomic E-state index is 12.6. The molecule has 5 nitrogen and oxygen atoms in total. The first-order valence-corrected chi connectivity index (χ1v) is 8.67. The third-order valence-electron chi connectivity index (χ3n) is 4.48. The van der Waals surface area contributed by atoms with Crippen LogP contribution in [0.2, 0.25) is 0 Å². The van der Waals surface area contributed by atoms with Gasteiger partial charge in [0.05, 0.1) is 18.3 Å². The molecule has 3 rings (SSSR count). The third kappa shape index (κ3) is 4.17. The minimum absolute atomic E-state index is 0.106. The molecule has 1 saturated heterocycles. The average Bonchev–Trinajstić information content (AvgIpc) is 2.56. The number of pyridine rings is 1. The summed E-state index contributed by atoms with van der Waals surface area (Å²) in [5.41, 5.74) is 4.25. The minimum atomic E-state index is -0.610. The van der Waals surface area contributed by atoms with Crippen molar-refractivity contribution >= 4 is 11.7 Å². The van der Waals surface area contributed by atoms with E-state index < -0.39 is 6.10 Å². The standard InChI is InChI=1S/C20H25N3O2/c1-14-9-15(2)11-17(10-14)12-23-8-7-22(13-20(23)25)19-6-4-5-18(21-19)16(3)24/h4-6,9-11,16,24H,7-8,12-13H2,1-3H3. The Bertz CT molecular complexity index is 753. The van der Waals surface area contributed by atoms with Crippen molar-refractivity contribution in [2.45, 2.75) is 33.4 Å². The Labute approximate surface area is 148 Å². The van der Waals surface area contributed by atoms with E-state index in [0.29, 0.717) is 25.3 Å². The Morgan fingerprint density at radius 3 is 2.52 bits per heavy atom. The van der Waals surface area contributed by atoms with E-state index >= 15 is 0 Å². The van der Waals surface area contributed by atoms with Crippen LogP contribution in [0.4, 0.5) is 5.82 Å². The first-order valence-electron chi connectivity index (χ1n) is 8.67. The number of aromatic nitrogens is 1. The van der Waals surface area contributed by atoms with Crippen molar-refractivity contribution in [3.8, 4) is 0 Å². The van der Waals surface area contributed by atoms with E-state index in [1.54, 1.807) is 13.0 Å². The van der Waals surface area contributed by atoms with E-state index in [1.165, 1.54) is 16.7 Å². The van der Waals surface area contributed by atoms with Crippen LogP contribution in [0.3, 0.4) is 0 Å². The molecule has 1 aliphatic heterocycles. The number of piperazine rings is 1. The van der Waals surface area contributed by atoms with Gasteiger partial charge in [0, 0.05) is 19.6 Å². The molecular weight excluding hydrogens is 314 g/mol. The molecule has 1 atom stereocenters. The lowest BCUT2D eigenvalue weighted by atomic mass is 10.1. The number of carbonyl (C=O) groups excluding carboxylic acids is 1. The smallest absolute Gasteiger partial charge is 0.242 e. The number of hydrogen-bond donors (Lipinski definition) is 1. The minimum Gasteiger partial charge on any atom is -0.387 e. The van der Waals surface area contributed by atoms with Crippen LogP contribution in [0.5, 0.6) is 0 Å². The van der Waals surface area contributed by atoms with Crippen molar-refractivity contribution < 1.29 is 9.90 Å². The third-order valence-corrected chi connectivity index (χ3v) is 4.48. The lowest BCUT2D eigenvalue weighted by Crippen LogP contribution is -2.50. The Kier molecular flexibility index (Phi) is 5.04. The topological polar surface area (TPSA) is 56.7 Å². The lowest BCUT2D eigenvalue weighted by molar-refractivity contribution is -0.131. The van der Waals surface area contributed by atoms with Gasteiger partial charge in [0.25, 0.3) is 0 Å². The molecule has 1 N–H and O–H groups in total. The summed E-state index contributed by atoms with van der Waals surface area (Å²) in [6.45, 7) is 8.24. The molecule has 1 aromatic heterocycles. The Morgan fingerprint density at radius 1 is 1.16 bits per heavy atom. The van der Waals surface area contributed by atoms with Gasteiger partial charge < -0.3 is 14.9 Å². The first-order chi connectivity index (χ1) is 11.9. The van der Waals surface area contributed by atoms with E-state index in [-0.39, 0.29) is 5.91 Å². The highest BCUT2D eigenvalue weighted by atomic mass is 16.3. The summed E-state index contributed by atoms with van der Waals surface area (Å²) in [5.74, 6) is 0.854. The fraction of sp³-hybridized carbons (Fsp3) is 0.400. The second-order valence-electron chi connectivity index (χ2n) is 6.83. The number of carbonyl (C=O) groups is 1. The first kappa shape index (κ1) is 17.4. The number of aryl methyl sites for hydroxylation is 2. The SMILES string of the molecule is Cc1cc(C)cc(CN2CCN(c3cccc(C(C)O)n3)CC2=O)c1. The van der Waals surface area contributed by atoms with E-state index in [0.717, 1.165) is 12.4 Å². The van der Waals surface area contributed by atoms with Crippen LogP contribution >= 0.6 is 0 Å². The predicted molar refractivity (Wildman–Crippen MR) is 98.4 cm³/mol. The van der Waals surface area contributed by atoms with Crippen LogP contribution in [-0.2, 0) is 11.3 Å². The highest BCUT2D eigenvalue weighted by Gasteiger charge is 2.25. The summed E-state index contributed by atoms with van der Waals surface area (Å²) in [6, 6.07) is 12.0. The molecule has 1 unspecified atom stereocenters. The Hall–Kier alpha value is -2.40. The number of aliphatic hydroxyl groups is 1. The van der Waals surface area contributed by atoms with Gasteiger partial charge in [-0.15, -0.1) is 0 Å². The summed E-state index contributed by atoms with van der Waals surface area (Å²) in [4.78, 5) is 20.9. The van der Waals surface area contributed by atoms with E-state index in [1.807, 2.05) is 21.9 Å². The molecule has 0 aliphatic carbocycles. The number of rotatable bonds is 4. The molecule has 132 valence electrons. The maximum atomic E-state index is 12.6. The number of aliphatic hydroxyl groups excluding tert-OH is 1. The number of benzene rings is 1. The largest absolute Gasteiger partial charge is 0.387 e. The number of hydrogen-bond acceptors (Lipinski definition) is 4. The fourth-order valence-corrected chi connectivity index (χ4v) is 3.30. The van der Waals surface area contributed by atoms with E-state index in [2.05, 4.69) is 37.0 Å². The molecule has 2 heterocycles. The summed E-state index contributed by atoms with van der Waals surface area (Å²) >= 11 is 0. The number of amides is 1. The van der Waals surface area contributed by atoms with Crippen molar-refractivity contribution in [1.29, 1.82) is 0 Å². The van der Waals surface area contributed by atoms with Gasteiger partial charge in [-0.1, -0.05) is 35.4 Å². The van der Waals surface area contributed by atoms with Crippen LogP contribution in [0.15, 0.2) is 36.4 Å². The molecule has 5 heteroatoms. The van der Waals surface area contributed by atoms with Crippen molar-refractivity contribution in [3.05, 3.63) is 58.8 Å². The van der Waals surface area contributed by atoms with E-state index in [4.69, 9.17) is 0 Å². The summed E-state index contributed by atoms with van der Waals surface area (Å²) in [7, 11) is 0. The maximum Gasteiger partial charge on any atom is 0.242 e. The molecule has 1 amide bonds. The highest BCUT2D eigenvalue weighted by molar-refractivity contribution is 5.82. The van der Waals surface area contributed by atoms with Gasteiger partial charge in [-0.3, -0.25) is 4.79 Å². The highest BCUT2D eigenvalue weighted by Crippen LogP contribution is 2.19. The van der Waals surface area contributed by atoms with Gasteiger partial charge in [-0.05, 0) is 38.5 Å². The average molecular weight is 339 g/mol. The van der Waals surface area contributed by atoms with Gasteiger partial charge in [-0.2, -0.15) is 0 Å². The molecule has 25 heavy (non-hydrogen) atoms. The van der Waals surface area contributed by atoms with Crippen LogP contribution in [0.25, 0.3) is 0 Å². The van der Waals surface area contributed by atoms with Crippen molar-refractivity contribution in [2.24, 2.45) is 0 Å². The second-order valence-corrected chi connectivity index (χ2v) is 6.83. The van der Waals surface area contributed by atoms with Crippen molar-refractivity contribution in [1.82, 2.24) is 9.88 Å². The summed E-state index contributed by atoms with van der Waals surface area (Å²) < 4.78 is 0. The zero-order valence-corrected chi connectivity index (χ0v) is 15.1. The second kappa shape index (κ2) is 7.23. The normalized spacial score (nSPS) is 16.2. The van der Waals surface area contributed by atoms with Crippen LogP contribution in [-0.4, -0.2) is 40.5 Å². The van der Waals surface area contributed by atoms with Gasteiger partial charge in [0.1, 0.15) is 5.82 Å². The van der Waals surface area contributed by atoms with Crippen LogP contribution in [0, 0.1) is 13.8 Å². The van der Waals surface area contributed by atoms with Crippen LogP contribution in [0.1, 0.15) is 35.4 Å². The molecule has 0 saturated carbocycles. The lowest BCUT2D eigenvalue weighted by Gasteiger charge is -2.35. The zero-order chi connectivity index (χ0) is 18.0. The Morgan fingerprint density at radius 2 is 1.88 bits per heavy atom. The van der Waals surface area contributed by atoms with Gasteiger partial charge in [0.2, 0.25) is 5.91 Å². The van der Waals surface area contributed by atoms with E-state index in [9.17, 15) is 9.90 Å². The van der Waals surface area contributed by atoms with Crippen molar-refractivity contribution in [2.75, 3.05) is 24.5 Å². The molecule has 0 bridgehead atoms. The number of nitrogens with zero attached hydrogens (tertiary/aromatic N) is 3. The van der Waals surface area contributed by atoms with Gasteiger partial charge in [0.15, 0.2) is 0 Å². The summed E-state index contributed by atoms with van der Waals surface area (Å²) in [6.07, 6.45) is -0.610. The molecule has 1 aromatic carbocycles. The Balaban J connectivity index is 1.68.